The van der Waals surface area contributed by atoms with Gasteiger partial charge in [0.05, 0.1) is 4.70 Å². The normalized spacial score (nSPS) is 9.38. The summed E-state index contributed by atoms with van der Waals surface area (Å²) in [5, 5.41) is 9.22. The Kier molecular flexibility index (Phi) is 3.08. The molecule has 13 heavy (non-hydrogen) atoms. The van der Waals surface area contributed by atoms with E-state index in [0.717, 1.165) is 16.0 Å². The predicted molar refractivity (Wildman–Crippen MR) is 55.5 cm³/mol. The number of phenols is 1. The molecule has 0 bridgehead atoms. The van der Waals surface area contributed by atoms with E-state index in [1.54, 1.807) is 18.2 Å². The van der Waals surface area contributed by atoms with Crippen molar-refractivity contribution >= 4 is 21.6 Å². The lowest BCUT2D eigenvalue weighted by atomic mass is 10.3. The van der Waals surface area contributed by atoms with Crippen LogP contribution in [0.2, 0.25) is 0 Å². The van der Waals surface area contributed by atoms with Crippen molar-refractivity contribution in [3.8, 4) is 5.75 Å². The number of para-hydroxylation sites is 1. The van der Waals surface area contributed by atoms with Gasteiger partial charge in [0.2, 0.25) is 0 Å². The highest BCUT2D eigenvalue weighted by molar-refractivity contribution is 7.16. The molecule has 3 nitrogen and oxygen atoms in total. The standard InChI is InChI=1S/C7H5NO2S.C2H6/c9-4-2-1-3-5-6(4)8-7(10)11-5;1-2/h1-3,9H,(H,8,10);1-2H3. The molecule has 1 aromatic heterocycles. The van der Waals surface area contributed by atoms with Gasteiger partial charge in [-0.15, -0.1) is 0 Å². The molecule has 0 fully saturated rings. The molecule has 2 N–H and O–H groups in total. The van der Waals surface area contributed by atoms with Gasteiger partial charge < -0.3 is 10.1 Å². The van der Waals surface area contributed by atoms with Gasteiger partial charge in [0, 0.05) is 0 Å². The zero-order valence-electron chi connectivity index (χ0n) is 7.50. The molecule has 0 saturated heterocycles. The minimum atomic E-state index is -0.137. The third-order valence-electron chi connectivity index (χ3n) is 1.43. The molecule has 2 aromatic rings. The van der Waals surface area contributed by atoms with E-state index in [1.807, 2.05) is 13.8 Å². The van der Waals surface area contributed by atoms with Gasteiger partial charge in [-0.3, -0.25) is 4.79 Å². The number of nitrogens with one attached hydrogen (secondary N) is 1. The van der Waals surface area contributed by atoms with E-state index in [4.69, 9.17) is 0 Å². The SMILES string of the molecule is CC.O=c1[nH]c2c(O)cccc2s1. The third-order valence-corrected chi connectivity index (χ3v) is 2.28. The number of thiazole rings is 1. The van der Waals surface area contributed by atoms with Crippen molar-refractivity contribution in [3.63, 3.8) is 0 Å². The number of H-pyrrole nitrogens is 1. The fourth-order valence-corrected chi connectivity index (χ4v) is 1.71. The van der Waals surface area contributed by atoms with Crippen molar-refractivity contribution in [2.75, 3.05) is 0 Å². The van der Waals surface area contributed by atoms with Crippen LogP contribution in [0.4, 0.5) is 0 Å². The fourth-order valence-electron chi connectivity index (χ4n) is 0.958. The van der Waals surface area contributed by atoms with E-state index < -0.39 is 0 Å². The van der Waals surface area contributed by atoms with Crippen LogP contribution in [0.5, 0.6) is 5.75 Å². The number of aromatic amines is 1. The maximum atomic E-state index is 10.8. The summed E-state index contributed by atoms with van der Waals surface area (Å²) >= 11 is 1.10. The number of hydrogen-bond donors (Lipinski definition) is 2. The molecule has 0 amide bonds. The molecule has 0 aliphatic heterocycles. The molecule has 0 aliphatic rings. The molecule has 0 spiro atoms. The van der Waals surface area contributed by atoms with Gasteiger partial charge in [0.25, 0.3) is 0 Å². The minimum absolute atomic E-state index is 0.126. The van der Waals surface area contributed by atoms with Crippen molar-refractivity contribution in [1.82, 2.24) is 4.98 Å². The Morgan fingerprint density at radius 3 is 2.69 bits per heavy atom. The fraction of sp³-hybridized carbons (Fsp3) is 0.222. The lowest BCUT2D eigenvalue weighted by molar-refractivity contribution is 0.480. The summed E-state index contributed by atoms with van der Waals surface area (Å²) in [6, 6.07) is 5.05. The summed E-state index contributed by atoms with van der Waals surface area (Å²) in [5.41, 5.74) is 0.530. The van der Waals surface area contributed by atoms with Crippen molar-refractivity contribution in [3.05, 3.63) is 27.9 Å². The van der Waals surface area contributed by atoms with E-state index in [0.29, 0.717) is 5.52 Å². The van der Waals surface area contributed by atoms with Crippen LogP contribution in [0.25, 0.3) is 10.2 Å². The van der Waals surface area contributed by atoms with Crippen LogP contribution < -0.4 is 4.87 Å². The van der Waals surface area contributed by atoms with E-state index in [2.05, 4.69) is 4.98 Å². The van der Waals surface area contributed by atoms with Gasteiger partial charge in [-0.1, -0.05) is 31.3 Å². The number of phenolic OH excluding ortho intramolecular Hbond substituents is 1. The smallest absolute Gasteiger partial charge is 0.305 e. The van der Waals surface area contributed by atoms with Crippen molar-refractivity contribution in [2.45, 2.75) is 13.8 Å². The second-order valence-corrected chi connectivity index (χ2v) is 3.18. The summed E-state index contributed by atoms with van der Waals surface area (Å²) in [4.78, 5) is 13.2. The third kappa shape index (κ3) is 1.89. The van der Waals surface area contributed by atoms with Crippen LogP contribution in [0.3, 0.4) is 0 Å². The Balaban J connectivity index is 0.000000396. The van der Waals surface area contributed by atoms with Crippen molar-refractivity contribution in [2.24, 2.45) is 0 Å². The molecule has 0 saturated carbocycles. The summed E-state index contributed by atoms with van der Waals surface area (Å²) in [6.07, 6.45) is 0. The van der Waals surface area contributed by atoms with E-state index >= 15 is 0 Å². The van der Waals surface area contributed by atoms with Crippen LogP contribution in [0.1, 0.15) is 13.8 Å². The predicted octanol–water partition coefficient (Wildman–Crippen LogP) is 2.32. The van der Waals surface area contributed by atoms with Gasteiger partial charge in [0.15, 0.2) is 0 Å². The highest BCUT2D eigenvalue weighted by Gasteiger charge is 2.01. The van der Waals surface area contributed by atoms with Crippen LogP contribution in [-0.4, -0.2) is 10.1 Å². The lowest BCUT2D eigenvalue weighted by Gasteiger charge is -1.89. The number of fused-ring (bicyclic) bond motifs is 1. The van der Waals surface area contributed by atoms with E-state index in [9.17, 15) is 9.90 Å². The molecule has 2 rings (SSSR count). The summed E-state index contributed by atoms with van der Waals surface area (Å²) in [7, 11) is 0. The van der Waals surface area contributed by atoms with Gasteiger partial charge in [-0.05, 0) is 12.1 Å². The van der Waals surface area contributed by atoms with Crippen molar-refractivity contribution < 1.29 is 5.11 Å². The van der Waals surface area contributed by atoms with Crippen LogP contribution in [-0.2, 0) is 0 Å². The quantitative estimate of drug-likeness (QED) is 0.681. The summed E-state index contributed by atoms with van der Waals surface area (Å²) in [6.45, 7) is 4.00. The van der Waals surface area contributed by atoms with E-state index in [-0.39, 0.29) is 10.6 Å². The first kappa shape index (κ1) is 9.80. The molecular weight excluding hydrogens is 186 g/mol. The average molecular weight is 197 g/mol. The second-order valence-electron chi connectivity index (χ2n) is 2.16. The first-order valence-electron chi connectivity index (χ1n) is 4.08. The highest BCUT2D eigenvalue weighted by atomic mass is 32.1. The molecule has 0 radical (unpaired) electrons. The van der Waals surface area contributed by atoms with Gasteiger partial charge in [0.1, 0.15) is 11.3 Å². The van der Waals surface area contributed by atoms with E-state index in [1.165, 1.54) is 0 Å². The second kappa shape index (κ2) is 4.09. The molecule has 0 atom stereocenters. The van der Waals surface area contributed by atoms with Crippen LogP contribution in [0, 0.1) is 0 Å². The molecular formula is C9H11NO2S. The molecule has 70 valence electrons. The Morgan fingerprint density at radius 2 is 2.08 bits per heavy atom. The largest absolute Gasteiger partial charge is 0.506 e. The first-order valence-corrected chi connectivity index (χ1v) is 4.90. The number of benzene rings is 1. The molecule has 0 aliphatic carbocycles. The number of rotatable bonds is 0. The van der Waals surface area contributed by atoms with Gasteiger partial charge in [-0.25, -0.2) is 0 Å². The molecule has 1 heterocycles. The Morgan fingerprint density at radius 1 is 1.38 bits per heavy atom. The van der Waals surface area contributed by atoms with Crippen LogP contribution in [0.15, 0.2) is 23.0 Å². The molecule has 0 unspecified atom stereocenters. The Hall–Kier alpha value is -1.29. The Bertz CT molecular complexity index is 444. The number of hydrogen-bond acceptors (Lipinski definition) is 3. The summed E-state index contributed by atoms with van der Waals surface area (Å²) < 4.78 is 0.787. The van der Waals surface area contributed by atoms with Gasteiger partial charge >= 0.3 is 4.87 Å². The van der Waals surface area contributed by atoms with Crippen molar-refractivity contribution in [1.29, 1.82) is 0 Å². The first-order chi connectivity index (χ1) is 6.27. The maximum Gasteiger partial charge on any atom is 0.305 e. The minimum Gasteiger partial charge on any atom is -0.506 e. The topological polar surface area (TPSA) is 53.1 Å². The zero-order chi connectivity index (χ0) is 9.84. The zero-order valence-corrected chi connectivity index (χ0v) is 8.31. The molecule has 1 aromatic carbocycles. The molecule has 4 heteroatoms. The maximum absolute atomic E-state index is 10.8. The number of aromatic hydroxyl groups is 1. The van der Waals surface area contributed by atoms with Gasteiger partial charge in [-0.2, -0.15) is 0 Å². The highest BCUT2D eigenvalue weighted by Crippen LogP contribution is 2.22. The lowest BCUT2D eigenvalue weighted by Crippen LogP contribution is -1.89. The number of aromatic nitrogens is 1. The Labute approximate surface area is 79.7 Å². The monoisotopic (exact) mass is 197 g/mol. The average Bonchev–Trinajstić information content (AvgIpc) is 2.51. The van der Waals surface area contributed by atoms with Crippen LogP contribution >= 0.6 is 11.3 Å². The summed E-state index contributed by atoms with van der Waals surface area (Å²) in [5.74, 6) is 0.126.